The van der Waals surface area contributed by atoms with Crippen LogP contribution in [0.2, 0.25) is 0 Å². The highest BCUT2D eigenvalue weighted by atomic mass is 16.5. The third kappa shape index (κ3) is 3.07. The van der Waals surface area contributed by atoms with E-state index in [-0.39, 0.29) is 6.03 Å². The molecule has 15 heavy (non-hydrogen) atoms. The maximum absolute atomic E-state index is 11.6. The van der Waals surface area contributed by atoms with Crippen LogP contribution in [0.25, 0.3) is 0 Å². The number of nitrogens with one attached hydrogen (secondary N) is 1. The number of hydrogen-bond donors (Lipinski definition) is 1. The largest absolute Gasteiger partial charge is 0.379 e. The minimum absolute atomic E-state index is 0.0824. The van der Waals surface area contributed by atoms with E-state index in [2.05, 4.69) is 10.2 Å². The lowest BCUT2D eigenvalue weighted by Crippen LogP contribution is -2.48. The van der Waals surface area contributed by atoms with Crippen LogP contribution in [-0.4, -0.2) is 61.9 Å². The Morgan fingerprint density at radius 1 is 1.20 bits per heavy atom. The van der Waals surface area contributed by atoms with Gasteiger partial charge in [-0.2, -0.15) is 0 Å². The van der Waals surface area contributed by atoms with Crippen molar-refractivity contribution in [3.8, 4) is 0 Å². The van der Waals surface area contributed by atoms with Crippen LogP contribution in [0, 0.1) is 0 Å². The second-order valence-electron chi connectivity index (χ2n) is 4.07. The van der Waals surface area contributed by atoms with Gasteiger partial charge < -0.3 is 15.0 Å². The molecule has 5 nitrogen and oxygen atoms in total. The van der Waals surface area contributed by atoms with Gasteiger partial charge in [0.05, 0.1) is 19.9 Å². The fourth-order valence-corrected chi connectivity index (χ4v) is 1.96. The minimum atomic E-state index is 0.0824. The number of carbonyl (C=O) groups is 1. The van der Waals surface area contributed by atoms with Gasteiger partial charge in [-0.1, -0.05) is 0 Å². The standard InChI is InChI=1S/C10H19N3O2/c14-10-11-3-1-2-4-13(10)9-12-5-7-15-8-6-12/h1-9H2,(H,11,14). The third-order valence-electron chi connectivity index (χ3n) is 2.89. The Hall–Kier alpha value is -0.810. The van der Waals surface area contributed by atoms with E-state index in [4.69, 9.17) is 4.74 Å². The van der Waals surface area contributed by atoms with Crippen molar-refractivity contribution in [2.24, 2.45) is 0 Å². The van der Waals surface area contributed by atoms with Crippen LogP contribution in [0.15, 0.2) is 0 Å². The summed E-state index contributed by atoms with van der Waals surface area (Å²) in [6.45, 7) is 5.88. The first-order valence-corrected chi connectivity index (χ1v) is 5.69. The highest BCUT2D eigenvalue weighted by molar-refractivity contribution is 5.74. The van der Waals surface area contributed by atoms with Gasteiger partial charge in [0.2, 0.25) is 0 Å². The number of amides is 2. The molecule has 0 aromatic rings. The van der Waals surface area contributed by atoms with Crippen LogP contribution in [0.3, 0.4) is 0 Å². The molecule has 2 amide bonds. The molecule has 5 heteroatoms. The Morgan fingerprint density at radius 2 is 2.00 bits per heavy atom. The van der Waals surface area contributed by atoms with Crippen molar-refractivity contribution < 1.29 is 9.53 Å². The van der Waals surface area contributed by atoms with E-state index >= 15 is 0 Å². The van der Waals surface area contributed by atoms with Crippen molar-refractivity contribution in [1.29, 1.82) is 0 Å². The molecule has 2 fully saturated rings. The molecule has 0 bridgehead atoms. The molecule has 86 valence electrons. The number of nitrogens with zero attached hydrogens (tertiary/aromatic N) is 2. The second kappa shape index (κ2) is 5.32. The fourth-order valence-electron chi connectivity index (χ4n) is 1.96. The Kier molecular flexibility index (Phi) is 3.80. The number of ether oxygens (including phenoxy) is 1. The van der Waals surface area contributed by atoms with Crippen LogP contribution >= 0.6 is 0 Å². The summed E-state index contributed by atoms with van der Waals surface area (Å²) in [7, 11) is 0. The van der Waals surface area contributed by atoms with Crippen molar-refractivity contribution in [2.45, 2.75) is 12.8 Å². The summed E-state index contributed by atoms with van der Waals surface area (Å²) in [4.78, 5) is 15.8. The van der Waals surface area contributed by atoms with Crippen molar-refractivity contribution >= 4 is 6.03 Å². The van der Waals surface area contributed by atoms with Crippen molar-refractivity contribution in [3.63, 3.8) is 0 Å². The lowest BCUT2D eigenvalue weighted by Gasteiger charge is -2.31. The molecule has 2 aliphatic heterocycles. The van der Waals surface area contributed by atoms with Gasteiger partial charge in [0, 0.05) is 26.2 Å². The van der Waals surface area contributed by atoms with Gasteiger partial charge in [0.1, 0.15) is 0 Å². The fraction of sp³-hybridized carbons (Fsp3) is 0.900. The second-order valence-corrected chi connectivity index (χ2v) is 4.07. The molecular weight excluding hydrogens is 194 g/mol. The van der Waals surface area contributed by atoms with Crippen molar-refractivity contribution in [1.82, 2.24) is 15.1 Å². The molecule has 2 rings (SSSR count). The van der Waals surface area contributed by atoms with Gasteiger partial charge in [0.25, 0.3) is 0 Å². The predicted molar refractivity (Wildman–Crippen MR) is 56.6 cm³/mol. The molecule has 0 aromatic heterocycles. The van der Waals surface area contributed by atoms with Crippen LogP contribution in [0.4, 0.5) is 4.79 Å². The van der Waals surface area contributed by atoms with Gasteiger partial charge >= 0.3 is 6.03 Å². The van der Waals surface area contributed by atoms with Crippen LogP contribution in [-0.2, 0) is 4.74 Å². The lowest BCUT2D eigenvalue weighted by molar-refractivity contribution is 0.0174. The molecule has 0 atom stereocenters. The van der Waals surface area contributed by atoms with Crippen LogP contribution in [0.1, 0.15) is 12.8 Å². The van der Waals surface area contributed by atoms with Gasteiger partial charge in [-0.25, -0.2) is 4.79 Å². The molecule has 0 aliphatic carbocycles. The first-order valence-electron chi connectivity index (χ1n) is 5.69. The number of morpholine rings is 1. The van der Waals surface area contributed by atoms with E-state index in [1.807, 2.05) is 4.90 Å². The van der Waals surface area contributed by atoms with Gasteiger partial charge in [-0.15, -0.1) is 0 Å². The average Bonchev–Trinajstić information content (AvgIpc) is 2.46. The van der Waals surface area contributed by atoms with Crippen LogP contribution in [0.5, 0.6) is 0 Å². The quantitative estimate of drug-likeness (QED) is 0.706. The summed E-state index contributed by atoms with van der Waals surface area (Å²) in [6.07, 6.45) is 2.19. The van der Waals surface area contributed by atoms with E-state index in [0.29, 0.717) is 0 Å². The Balaban J connectivity index is 1.82. The topological polar surface area (TPSA) is 44.8 Å². The molecule has 0 spiro atoms. The zero-order valence-electron chi connectivity index (χ0n) is 9.07. The summed E-state index contributed by atoms with van der Waals surface area (Å²) in [5.74, 6) is 0. The van der Waals surface area contributed by atoms with Crippen molar-refractivity contribution in [2.75, 3.05) is 46.1 Å². The van der Waals surface area contributed by atoms with Crippen LogP contribution < -0.4 is 5.32 Å². The third-order valence-corrected chi connectivity index (χ3v) is 2.89. The van der Waals surface area contributed by atoms with Crippen molar-refractivity contribution in [3.05, 3.63) is 0 Å². The minimum Gasteiger partial charge on any atom is -0.379 e. The SMILES string of the molecule is O=C1NCCCCN1CN1CCOCC1. The molecule has 1 N–H and O–H groups in total. The lowest BCUT2D eigenvalue weighted by atomic mass is 10.3. The first-order chi connectivity index (χ1) is 7.36. The maximum Gasteiger partial charge on any atom is 0.318 e. The Morgan fingerprint density at radius 3 is 2.80 bits per heavy atom. The first kappa shape index (κ1) is 10.7. The van der Waals surface area contributed by atoms with E-state index in [9.17, 15) is 4.79 Å². The summed E-state index contributed by atoms with van der Waals surface area (Å²) in [6, 6.07) is 0.0824. The maximum atomic E-state index is 11.6. The highest BCUT2D eigenvalue weighted by Gasteiger charge is 2.19. The normalized spacial score (nSPS) is 24.8. The van der Waals surface area contributed by atoms with Gasteiger partial charge in [-0.05, 0) is 12.8 Å². The molecule has 2 aliphatic rings. The van der Waals surface area contributed by atoms with Gasteiger partial charge in [-0.3, -0.25) is 4.90 Å². The van der Waals surface area contributed by atoms with E-state index in [1.165, 1.54) is 0 Å². The van der Waals surface area contributed by atoms with E-state index in [0.717, 1.165) is 58.9 Å². The Labute approximate surface area is 90.4 Å². The van der Waals surface area contributed by atoms with Gasteiger partial charge in [0.15, 0.2) is 0 Å². The summed E-state index contributed by atoms with van der Waals surface area (Å²) in [5, 5.41) is 2.91. The number of urea groups is 1. The molecular formula is C10H19N3O2. The monoisotopic (exact) mass is 213 g/mol. The predicted octanol–water partition coefficient (Wildman–Crippen LogP) is 0.0815. The summed E-state index contributed by atoms with van der Waals surface area (Å²) < 4.78 is 5.28. The average molecular weight is 213 g/mol. The zero-order chi connectivity index (χ0) is 10.5. The molecule has 2 saturated heterocycles. The highest BCUT2D eigenvalue weighted by Crippen LogP contribution is 2.04. The molecule has 0 unspecified atom stereocenters. The smallest absolute Gasteiger partial charge is 0.318 e. The molecule has 2 heterocycles. The molecule has 0 saturated carbocycles. The van der Waals surface area contributed by atoms with E-state index < -0.39 is 0 Å². The Bertz CT molecular complexity index is 217. The zero-order valence-corrected chi connectivity index (χ0v) is 9.07. The number of rotatable bonds is 2. The van der Waals surface area contributed by atoms with E-state index in [1.54, 1.807) is 0 Å². The number of carbonyl (C=O) groups excluding carboxylic acids is 1. The number of hydrogen-bond acceptors (Lipinski definition) is 3. The summed E-state index contributed by atoms with van der Waals surface area (Å²) in [5.41, 5.74) is 0. The summed E-state index contributed by atoms with van der Waals surface area (Å²) >= 11 is 0. The molecule has 0 radical (unpaired) electrons. The molecule has 0 aromatic carbocycles.